The molecule has 5 nitrogen and oxygen atoms in total. The van der Waals surface area contributed by atoms with E-state index >= 15 is 0 Å². The van der Waals surface area contributed by atoms with Gasteiger partial charge < -0.3 is 16.2 Å². The molecular weight excluding hydrogens is 268 g/mol. The summed E-state index contributed by atoms with van der Waals surface area (Å²) in [5.41, 5.74) is 6.10. The molecule has 4 N–H and O–H groups in total. The molecule has 0 aromatic heterocycles. The molecule has 0 fully saturated rings. The first-order chi connectivity index (χ1) is 9.76. The smallest absolute Gasteiger partial charge is 0.252 e. The van der Waals surface area contributed by atoms with Gasteiger partial charge in [0.2, 0.25) is 5.91 Å². The number of aryl methyl sites for hydroxylation is 1. The number of rotatable bonds is 4. The monoisotopic (exact) mass is 288 g/mol. The van der Waals surface area contributed by atoms with Gasteiger partial charge in [-0.15, -0.1) is 0 Å². The van der Waals surface area contributed by atoms with Gasteiger partial charge >= 0.3 is 0 Å². The highest BCUT2D eigenvalue weighted by Gasteiger charge is 2.27. The van der Waals surface area contributed by atoms with Crippen LogP contribution < -0.4 is 11.1 Å². The Bertz CT molecular complexity index is 610. The van der Waals surface area contributed by atoms with Gasteiger partial charge in [-0.1, -0.05) is 11.8 Å². The third kappa shape index (κ3) is 4.93. The minimum Gasteiger partial charge on any atom is -0.395 e. The van der Waals surface area contributed by atoms with Crippen molar-refractivity contribution in [1.82, 2.24) is 5.32 Å². The molecule has 2 amide bonds. The maximum atomic E-state index is 12.2. The Hall–Kier alpha value is -2.32. The van der Waals surface area contributed by atoms with E-state index in [9.17, 15) is 9.59 Å². The second-order valence-electron chi connectivity index (χ2n) is 5.31. The predicted octanol–water partition coefficient (Wildman–Crippen LogP) is 0.723. The fraction of sp³-hybridized carbons (Fsp3) is 0.375. The number of hydrogen-bond donors (Lipinski definition) is 3. The fourth-order valence-electron chi connectivity index (χ4n) is 1.62. The van der Waals surface area contributed by atoms with Gasteiger partial charge in [0, 0.05) is 17.5 Å². The first-order valence-electron chi connectivity index (χ1n) is 6.60. The number of hydrogen-bond acceptors (Lipinski definition) is 3. The third-order valence-electron chi connectivity index (χ3n) is 2.85. The Labute approximate surface area is 124 Å². The van der Waals surface area contributed by atoms with Crippen LogP contribution in [-0.2, 0) is 4.79 Å². The van der Waals surface area contributed by atoms with Gasteiger partial charge in [0.15, 0.2) is 0 Å². The normalized spacial score (nSPS) is 10.5. The Kier molecular flexibility index (Phi) is 5.51. The molecule has 1 aromatic rings. The molecule has 0 aliphatic heterocycles. The van der Waals surface area contributed by atoms with E-state index in [0.717, 1.165) is 5.56 Å². The van der Waals surface area contributed by atoms with Gasteiger partial charge in [0.05, 0.1) is 6.61 Å². The van der Waals surface area contributed by atoms with E-state index in [1.807, 2.05) is 13.0 Å². The summed E-state index contributed by atoms with van der Waals surface area (Å²) in [6.07, 6.45) is 0.379. The number of carbonyl (C=O) groups excluding carboxylic acids is 2. The number of nitrogens with two attached hydrogens (primary N) is 1. The molecule has 0 atom stereocenters. The van der Waals surface area contributed by atoms with Gasteiger partial charge in [-0.05, 0) is 44.5 Å². The zero-order valence-electron chi connectivity index (χ0n) is 12.5. The molecule has 0 bridgehead atoms. The summed E-state index contributed by atoms with van der Waals surface area (Å²) in [6, 6.07) is 5.20. The highest BCUT2D eigenvalue weighted by Crippen LogP contribution is 2.11. The van der Waals surface area contributed by atoms with Crippen LogP contribution in [0.4, 0.5) is 0 Å². The van der Waals surface area contributed by atoms with Crippen LogP contribution in [0.2, 0.25) is 0 Å². The van der Waals surface area contributed by atoms with Crippen molar-refractivity contribution in [2.24, 2.45) is 5.73 Å². The lowest BCUT2D eigenvalue weighted by Crippen LogP contribution is -2.53. The molecule has 0 saturated carbocycles. The minimum atomic E-state index is -1.12. The molecule has 0 spiro atoms. The van der Waals surface area contributed by atoms with Crippen molar-refractivity contribution >= 4 is 11.8 Å². The second kappa shape index (κ2) is 6.91. The first kappa shape index (κ1) is 16.7. The molecular formula is C16H20N2O3. The SMILES string of the molecule is Cc1cc(C#CCCO)cc(C(=O)NC(C)(C)C(N)=O)c1. The molecule has 0 aliphatic rings. The van der Waals surface area contributed by atoms with Crippen LogP contribution in [0.25, 0.3) is 0 Å². The van der Waals surface area contributed by atoms with E-state index in [-0.39, 0.29) is 12.5 Å². The standard InChI is InChI=1S/C16H20N2O3/c1-11-8-12(6-4-5-7-19)10-13(9-11)14(20)18-16(2,3)15(17)21/h8-10,19H,5,7H2,1-3H3,(H2,17,21)(H,18,20). The number of primary amides is 1. The molecule has 112 valence electrons. The summed E-state index contributed by atoms with van der Waals surface area (Å²) in [4.78, 5) is 23.4. The average molecular weight is 288 g/mol. The zero-order valence-corrected chi connectivity index (χ0v) is 12.5. The quantitative estimate of drug-likeness (QED) is 0.713. The molecule has 5 heteroatoms. The van der Waals surface area contributed by atoms with E-state index in [4.69, 9.17) is 10.8 Å². The van der Waals surface area contributed by atoms with Crippen molar-refractivity contribution in [3.05, 3.63) is 34.9 Å². The van der Waals surface area contributed by atoms with Crippen LogP contribution in [0.3, 0.4) is 0 Å². The molecule has 21 heavy (non-hydrogen) atoms. The van der Waals surface area contributed by atoms with E-state index in [1.54, 1.807) is 26.0 Å². The molecule has 0 heterocycles. The van der Waals surface area contributed by atoms with Gasteiger partial charge in [0.1, 0.15) is 5.54 Å². The highest BCUT2D eigenvalue weighted by molar-refractivity contribution is 5.99. The van der Waals surface area contributed by atoms with Crippen LogP contribution in [-0.4, -0.2) is 29.1 Å². The number of benzene rings is 1. The Morgan fingerprint density at radius 1 is 1.33 bits per heavy atom. The van der Waals surface area contributed by atoms with Crippen LogP contribution in [0.1, 0.15) is 41.8 Å². The summed E-state index contributed by atoms with van der Waals surface area (Å²) < 4.78 is 0. The largest absolute Gasteiger partial charge is 0.395 e. The van der Waals surface area contributed by atoms with Gasteiger partial charge in [-0.3, -0.25) is 9.59 Å². The first-order valence-corrected chi connectivity index (χ1v) is 6.60. The molecule has 1 rings (SSSR count). The number of aliphatic hydroxyl groups is 1. The molecule has 0 radical (unpaired) electrons. The van der Waals surface area contributed by atoms with Gasteiger partial charge in [-0.25, -0.2) is 0 Å². The van der Waals surface area contributed by atoms with Gasteiger partial charge in [0.25, 0.3) is 5.91 Å². The van der Waals surface area contributed by atoms with Crippen LogP contribution in [0.15, 0.2) is 18.2 Å². The average Bonchev–Trinajstić information content (AvgIpc) is 2.37. The zero-order chi connectivity index (χ0) is 16.0. The van der Waals surface area contributed by atoms with E-state index in [1.165, 1.54) is 0 Å². The van der Waals surface area contributed by atoms with Crippen molar-refractivity contribution in [2.75, 3.05) is 6.61 Å². The summed E-state index contributed by atoms with van der Waals surface area (Å²) in [6.45, 7) is 4.95. The molecule has 1 aromatic carbocycles. The van der Waals surface area contributed by atoms with E-state index < -0.39 is 11.4 Å². The topological polar surface area (TPSA) is 92.4 Å². The highest BCUT2D eigenvalue weighted by atomic mass is 16.2. The lowest BCUT2D eigenvalue weighted by Gasteiger charge is -2.22. The van der Waals surface area contributed by atoms with Crippen LogP contribution in [0, 0.1) is 18.8 Å². The summed E-state index contributed by atoms with van der Waals surface area (Å²) >= 11 is 0. The van der Waals surface area contributed by atoms with Crippen molar-refractivity contribution < 1.29 is 14.7 Å². The van der Waals surface area contributed by atoms with Crippen molar-refractivity contribution in [3.63, 3.8) is 0 Å². The van der Waals surface area contributed by atoms with Crippen molar-refractivity contribution in [1.29, 1.82) is 0 Å². The Morgan fingerprint density at radius 2 is 2.00 bits per heavy atom. The maximum absolute atomic E-state index is 12.2. The lowest BCUT2D eigenvalue weighted by atomic mass is 10.0. The van der Waals surface area contributed by atoms with Gasteiger partial charge in [-0.2, -0.15) is 0 Å². The molecule has 0 unspecified atom stereocenters. The number of amides is 2. The van der Waals surface area contributed by atoms with E-state index in [0.29, 0.717) is 17.5 Å². The molecule has 0 aliphatic carbocycles. The Balaban J connectivity index is 3.01. The van der Waals surface area contributed by atoms with Crippen molar-refractivity contribution in [3.8, 4) is 11.8 Å². The second-order valence-corrected chi connectivity index (χ2v) is 5.31. The number of aliphatic hydroxyl groups excluding tert-OH is 1. The summed E-state index contributed by atoms with van der Waals surface area (Å²) in [5, 5.41) is 11.3. The summed E-state index contributed by atoms with van der Waals surface area (Å²) in [5.74, 6) is 4.70. The third-order valence-corrected chi connectivity index (χ3v) is 2.85. The number of carbonyl (C=O) groups is 2. The lowest BCUT2D eigenvalue weighted by molar-refractivity contribution is -0.122. The fourth-order valence-corrected chi connectivity index (χ4v) is 1.62. The van der Waals surface area contributed by atoms with E-state index in [2.05, 4.69) is 17.2 Å². The predicted molar refractivity (Wildman–Crippen MR) is 80.5 cm³/mol. The van der Waals surface area contributed by atoms with Crippen LogP contribution >= 0.6 is 0 Å². The number of nitrogens with one attached hydrogen (secondary N) is 1. The summed E-state index contributed by atoms with van der Waals surface area (Å²) in [7, 11) is 0. The Morgan fingerprint density at radius 3 is 2.57 bits per heavy atom. The minimum absolute atomic E-state index is 0.00103. The van der Waals surface area contributed by atoms with Crippen molar-refractivity contribution in [2.45, 2.75) is 32.7 Å². The molecule has 0 saturated heterocycles. The van der Waals surface area contributed by atoms with Crippen LogP contribution in [0.5, 0.6) is 0 Å². The maximum Gasteiger partial charge on any atom is 0.252 e.